The summed E-state index contributed by atoms with van der Waals surface area (Å²) in [6, 6.07) is 1.38. The first kappa shape index (κ1) is 20.6. The van der Waals surface area contributed by atoms with Crippen LogP contribution in [0.25, 0.3) is 11.0 Å². The van der Waals surface area contributed by atoms with Crippen LogP contribution in [0.15, 0.2) is 28.0 Å². The molecule has 1 atom stereocenters. The van der Waals surface area contributed by atoms with Crippen LogP contribution in [0.2, 0.25) is 0 Å². The van der Waals surface area contributed by atoms with Crippen molar-refractivity contribution >= 4 is 16.9 Å². The Morgan fingerprint density at radius 1 is 1.14 bits per heavy atom. The summed E-state index contributed by atoms with van der Waals surface area (Å²) >= 11 is 0. The van der Waals surface area contributed by atoms with Gasteiger partial charge in [-0.25, -0.2) is 4.79 Å². The van der Waals surface area contributed by atoms with Gasteiger partial charge >= 0.3 is 5.69 Å². The lowest BCUT2D eigenvalue weighted by Crippen LogP contribution is -2.42. The van der Waals surface area contributed by atoms with Gasteiger partial charge in [0.15, 0.2) is 0 Å². The van der Waals surface area contributed by atoms with Crippen molar-refractivity contribution in [2.75, 3.05) is 0 Å². The Balaban J connectivity index is 2.05. The predicted octanol–water partition coefficient (Wildman–Crippen LogP) is 0.495. The first-order valence-electron chi connectivity index (χ1n) is 9.70. The molecule has 0 aliphatic carbocycles. The van der Waals surface area contributed by atoms with E-state index in [0.29, 0.717) is 29.8 Å². The van der Waals surface area contributed by atoms with E-state index in [1.807, 2.05) is 20.8 Å². The second-order valence-corrected chi connectivity index (χ2v) is 7.53. The standard InChI is InChI=1S/C19H27N7O3/c1-6-9-25-15(10-13-17(25)23(4)19(29)24(5)18(13)28)16(27)22-14(12(2)3)11-26-20-7-8-21-26/h7-8,10,12,14H,6,9,11H2,1-5H3,(H,22,27). The predicted molar refractivity (Wildman–Crippen MR) is 109 cm³/mol. The Morgan fingerprint density at radius 3 is 2.38 bits per heavy atom. The van der Waals surface area contributed by atoms with Gasteiger partial charge in [0.05, 0.1) is 30.4 Å². The van der Waals surface area contributed by atoms with Gasteiger partial charge in [-0.15, -0.1) is 0 Å². The lowest BCUT2D eigenvalue weighted by molar-refractivity contribution is 0.0908. The fourth-order valence-electron chi connectivity index (χ4n) is 3.46. The van der Waals surface area contributed by atoms with E-state index in [1.165, 1.54) is 16.4 Å². The van der Waals surface area contributed by atoms with E-state index in [0.717, 1.165) is 11.0 Å². The van der Waals surface area contributed by atoms with E-state index in [4.69, 9.17) is 0 Å². The largest absolute Gasteiger partial charge is 0.346 e. The van der Waals surface area contributed by atoms with Crippen LogP contribution in [0, 0.1) is 5.92 Å². The molecule has 1 unspecified atom stereocenters. The van der Waals surface area contributed by atoms with Crippen LogP contribution >= 0.6 is 0 Å². The topological polar surface area (TPSA) is 109 Å². The van der Waals surface area contributed by atoms with E-state index in [1.54, 1.807) is 30.1 Å². The number of hydrogen-bond donors (Lipinski definition) is 1. The molecule has 0 bridgehead atoms. The molecule has 0 aromatic carbocycles. The van der Waals surface area contributed by atoms with Crippen LogP contribution in [0.1, 0.15) is 37.7 Å². The molecule has 0 aliphatic rings. The minimum atomic E-state index is -0.422. The number of hydrogen-bond acceptors (Lipinski definition) is 5. The fourth-order valence-corrected chi connectivity index (χ4v) is 3.46. The lowest BCUT2D eigenvalue weighted by Gasteiger charge is -2.22. The third-order valence-corrected chi connectivity index (χ3v) is 5.12. The molecule has 0 saturated carbocycles. The minimum Gasteiger partial charge on any atom is -0.346 e. The molecule has 10 nitrogen and oxygen atoms in total. The van der Waals surface area contributed by atoms with Gasteiger partial charge in [0.2, 0.25) is 0 Å². The Kier molecular flexibility index (Phi) is 5.71. The zero-order chi connectivity index (χ0) is 21.3. The second-order valence-electron chi connectivity index (χ2n) is 7.53. The summed E-state index contributed by atoms with van der Waals surface area (Å²) in [5, 5.41) is 11.6. The normalized spacial score (nSPS) is 12.6. The average Bonchev–Trinajstić information content (AvgIpc) is 3.32. The van der Waals surface area contributed by atoms with Crippen molar-refractivity contribution in [1.29, 1.82) is 0 Å². The van der Waals surface area contributed by atoms with E-state index in [2.05, 4.69) is 15.5 Å². The first-order chi connectivity index (χ1) is 13.8. The molecule has 0 saturated heterocycles. The Bertz CT molecular complexity index is 1140. The number of nitrogens with zero attached hydrogens (tertiary/aromatic N) is 6. The smallest absolute Gasteiger partial charge is 0.332 e. The highest BCUT2D eigenvalue weighted by atomic mass is 16.2. The number of fused-ring (bicyclic) bond motifs is 1. The lowest BCUT2D eigenvalue weighted by atomic mass is 10.0. The first-order valence-corrected chi connectivity index (χ1v) is 9.70. The molecular formula is C19H27N7O3. The summed E-state index contributed by atoms with van der Waals surface area (Å²) in [4.78, 5) is 39.7. The zero-order valence-electron chi connectivity index (χ0n) is 17.4. The molecule has 0 spiro atoms. The molecule has 10 heteroatoms. The van der Waals surface area contributed by atoms with E-state index >= 15 is 0 Å². The van der Waals surface area contributed by atoms with Gasteiger partial charge in [-0.2, -0.15) is 15.0 Å². The quantitative estimate of drug-likeness (QED) is 0.620. The third kappa shape index (κ3) is 3.74. The molecular weight excluding hydrogens is 374 g/mol. The summed E-state index contributed by atoms with van der Waals surface area (Å²) in [6.07, 6.45) is 3.93. The molecule has 1 amide bonds. The Morgan fingerprint density at radius 2 is 1.79 bits per heavy atom. The molecule has 0 fully saturated rings. The Labute approximate surface area is 167 Å². The molecule has 3 aromatic heterocycles. The van der Waals surface area contributed by atoms with Crippen molar-refractivity contribution < 1.29 is 4.79 Å². The fraction of sp³-hybridized carbons (Fsp3) is 0.526. The van der Waals surface area contributed by atoms with Gasteiger partial charge in [-0.3, -0.25) is 18.7 Å². The van der Waals surface area contributed by atoms with Crippen LogP contribution in [0.4, 0.5) is 0 Å². The van der Waals surface area contributed by atoms with Crippen molar-refractivity contribution in [2.45, 2.75) is 46.3 Å². The van der Waals surface area contributed by atoms with Crippen molar-refractivity contribution in [2.24, 2.45) is 20.0 Å². The van der Waals surface area contributed by atoms with Crippen LogP contribution in [0.3, 0.4) is 0 Å². The SMILES string of the molecule is CCCn1c(C(=O)NC(Cn2nccn2)C(C)C)cc2c(=O)n(C)c(=O)n(C)c21. The summed E-state index contributed by atoms with van der Waals surface area (Å²) in [6.45, 7) is 6.95. The number of aromatic nitrogens is 6. The number of aryl methyl sites for hydroxylation is 2. The molecule has 3 aromatic rings. The molecule has 0 aliphatic heterocycles. The Hall–Kier alpha value is -3.17. The number of nitrogens with one attached hydrogen (secondary N) is 1. The highest BCUT2D eigenvalue weighted by Gasteiger charge is 2.24. The average molecular weight is 401 g/mol. The van der Waals surface area contributed by atoms with Crippen LogP contribution in [-0.2, 0) is 27.2 Å². The van der Waals surface area contributed by atoms with Crippen molar-refractivity contribution in [3.05, 3.63) is 45.0 Å². The maximum Gasteiger partial charge on any atom is 0.332 e. The van der Waals surface area contributed by atoms with E-state index in [-0.39, 0.29) is 17.9 Å². The van der Waals surface area contributed by atoms with Crippen LogP contribution in [-0.4, -0.2) is 40.6 Å². The maximum atomic E-state index is 13.2. The molecule has 29 heavy (non-hydrogen) atoms. The van der Waals surface area contributed by atoms with Gasteiger partial charge in [-0.1, -0.05) is 20.8 Å². The summed E-state index contributed by atoms with van der Waals surface area (Å²) in [5.74, 6) is -0.152. The number of carbonyl (C=O) groups excluding carboxylic acids is 1. The molecule has 0 radical (unpaired) electrons. The summed E-state index contributed by atoms with van der Waals surface area (Å²) in [5.41, 5.74) is -0.0120. The maximum absolute atomic E-state index is 13.2. The van der Waals surface area contributed by atoms with Crippen LogP contribution in [0.5, 0.6) is 0 Å². The highest BCUT2D eigenvalue weighted by molar-refractivity contribution is 5.98. The van der Waals surface area contributed by atoms with Crippen molar-refractivity contribution in [3.63, 3.8) is 0 Å². The van der Waals surface area contributed by atoms with Gasteiger partial charge in [0.25, 0.3) is 11.5 Å². The number of rotatable bonds is 7. The number of amides is 1. The number of carbonyl (C=O) groups is 1. The zero-order valence-corrected chi connectivity index (χ0v) is 17.4. The van der Waals surface area contributed by atoms with E-state index < -0.39 is 11.2 Å². The van der Waals surface area contributed by atoms with Gasteiger partial charge in [-0.05, 0) is 18.4 Å². The summed E-state index contributed by atoms with van der Waals surface area (Å²) in [7, 11) is 3.05. The van der Waals surface area contributed by atoms with Crippen molar-refractivity contribution in [3.8, 4) is 0 Å². The second kappa shape index (κ2) is 8.06. The van der Waals surface area contributed by atoms with Gasteiger partial charge in [0, 0.05) is 20.6 Å². The third-order valence-electron chi connectivity index (χ3n) is 5.12. The molecule has 1 N–H and O–H groups in total. The molecule has 156 valence electrons. The van der Waals surface area contributed by atoms with Gasteiger partial charge in [0.1, 0.15) is 11.3 Å². The minimum absolute atomic E-state index is 0.145. The van der Waals surface area contributed by atoms with Crippen molar-refractivity contribution in [1.82, 2.24) is 34.0 Å². The molecule has 3 heterocycles. The molecule has 3 rings (SSSR count). The van der Waals surface area contributed by atoms with Gasteiger partial charge < -0.3 is 9.88 Å². The van der Waals surface area contributed by atoms with E-state index in [9.17, 15) is 14.4 Å². The summed E-state index contributed by atoms with van der Waals surface area (Å²) < 4.78 is 4.22. The highest BCUT2D eigenvalue weighted by Crippen LogP contribution is 2.17. The van der Waals surface area contributed by atoms with Crippen LogP contribution < -0.4 is 16.6 Å². The monoisotopic (exact) mass is 401 g/mol.